The number of aromatic hydroxyl groups is 1. The smallest absolute Gasteiger partial charge is 0.450 e. The number of aromatic nitrogens is 1. The summed E-state index contributed by atoms with van der Waals surface area (Å²) in [5.41, 5.74) is 0.233. The lowest BCUT2D eigenvalue weighted by molar-refractivity contribution is -0.388. The van der Waals surface area contributed by atoms with Crippen molar-refractivity contribution in [2.45, 2.75) is 31.0 Å². The van der Waals surface area contributed by atoms with Crippen molar-refractivity contribution in [3.63, 3.8) is 0 Å². The van der Waals surface area contributed by atoms with Gasteiger partial charge in [0.25, 0.3) is 0 Å². The molecule has 1 amide bonds. The molecule has 0 aliphatic carbocycles. The summed E-state index contributed by atoms with van der Waals surface area (Å²) in [7, 11) is 2.21. The molecule has 38 heavy (non-hydrogen) atoms. The molecule has 206 valence electrons. The second-order valence-electron chi connectivity index (χ2n) is 7.99. The van der Waals surface area contributed by atoms with E-state index in [-0.39, 0.29) is 35.2 Å². The number of nitro groups is 1. The molecule has 10 nitrogen and oxygen atoms in total. The summed E-state index contributed by atoms with van der Waals surface area (Å²) in [6.45, 7) is 0.763. The average Bonchev–Trinajstić information content (AvgIpc) is 2.87. The predicted molar refractivity (Wildman–Crippen MR) is 133 cm³/mol. The number of benzene rings is 1. The number of nitrogens with one attached hydrogen (secondary N) is 1. The molecule has 0 aliphatic rings. The maximum absolute atomic E-state index is 13.1. The number of ketones is 1. The maximum Gasteiger partial charge on any atom is 0.450 e. The van der Waals surface area contributed by atoms with Crippen LogP contribution in [0.3, 0.4) is 0 Å². The number of hydrogen-bond acceptors (Lipinski definition) is 10. The fourth-order valence-electron chi connectivity index (χ4n) is 3.22. The Labute approximate surface area is 223 Å². The third kappa shape index (κ3) is 10.2. The van der Waals surface area contributed by atoms with E-state index < -0.39 is 53.6 Å². The molecule has 0 spiro atoms. The van der Waals surface area contributed by atoms with Crippen molar-refractivity contribution in [2.75, 3.05) is 18.9 Å². The lowest BCUT2D eigenvalue weighted by Gasteiger charge is -2.21. The number of pyridine rings is 1. The minimum atomic E-state index is -5.08. The van der Waals surface area contributed by atoms with Gasteiger partial charge in [0, 0.05) is 29.9 Å². The monoisotopic (exact) mass is 575 g/mol. The van der Waals surface area contributed by atoms with Crippen LogP contribution in [0.1, 0.15) is 18.9 Å². The summed E-state index contributed by atoms with van der Waals surface area (Å²) in [5, 5.41) is 22.8. The molecular weight excluding hydrogens is 551 g/mol. The molecule has 0 bridgehead atoms. The standard InChI is InChI=1S/C23H24F3N3O7S2/c1-14(11-16(20(32)23(24,25)26)12-15-4-6-17(30)7-5-15)21(33)28-13-19(31)36-9-10-37-38-22-18(29(34)35)3-2-8-27-22/h2-8,14,16,30H,9-13H2,1H3,(H,28,33)/t14-,16+/m0/s1. The molecule has 2 rings (SSSR count). The van der Waals surface area contributed by atoms with E-state index in [0.29, 0.717) is 5.56 Å². The van der Waals surface area contributed by atoms with Crippen molar-refractivity contribution >= 4 is 44.9 Å². The van der Waals surface area contributed by atoms with Gasteiger partial charge >= 0.3 is 17.8 Å². The Bertz CT molecular complexity index is 1130. The van der Waals surface area contributed by atoms with Crippen LogP contribution in [-0.2, 0) is 25.5 Å². The van der Waals surface area contributed by atoms with Gasteiger partial charge in [-0.25, -0.2) is 4.98 Å². The van der Waals surface area contributed by atoms with Crippen LogP contribution < -0.4 is 5.32 Å². The third-order valence-corrected chi connectivity index (χ3v) is 7.33. The minimum Gasteiger partial charge on any atom is -0.508 e. The van der Waals surface area contributed by atoms with E-state index in [4.69, 9.17) is 4.74 Å². The normalized spacial score (nSPS) is 12.8. The minimum absolute atomic E-state index is 0.0582. The van der Waals surface area contributed by atoms with Crippen LogP contribution in [0.4, 0.5) is 18.9 Å². The molecule has 1 aromatic carbocycles. The zero-order valence-corrected chi connectivity index (χ0v) is 21.6. The molecule has 0 radical (unpaired) electrons. The van der Waals surface area contributed by atoms with E-state index in [1.54, 1.807) is 0 Å². The van der Waals surface area contributed by atoms with Crippen molar-refractivity contribution in [1.82, 2.24) is 10.3 Å². The van der Waals surface area contributed by atoms with Gasteiger partial charge in [-0.15, -0.1) is 0 Å². The van der Waals surface area contributed by atoms with E-state index >= 15 is 0 Å². The Morgan fingerprint density at radius 2 is 1.89 bits per heavy atom. The number of ether oxygens (including phenoxy) is 1. The summed E-state index contributed by atoms with van der Waals surface area (Å²) < 4.78 is 44.3. The Morgan fingerprint density at radius 3 is 2.53 bits per heavy atom. The number of esters is 1. The molecule has 15 heteroatoms. The Hall–Kier alpha value is -3.33. The van der Waals surface area contributed by atoms with Crippen molar-refractivity contribution in [3.05, 3.63) is 58.3 Å². The first-order valence-corrected chi connectivity index (χ1v) is 13.4. The molecule has 1 heterocycles. The zero-order valence-electron chi connectivity index (χ0n) is 20.0. The van der Waals surface area contributed by atoms with E-state index in [1.807, 2.05) is 0 Å². The fraction of sp³-hybridized carbons (Fsp3) is 0.391. The molecule has 2 N–H and O–H groups in total. The van der Waals surface area contributed by atoms with Gasteiger partial charge in [0.2, 0.25) is 11.7 Å². The number of amides is 1. The van der Waals surface area contributed by atoms with Crippen LogP contribution in [0.5, 0.6) is 5.75 Å². The van der Waals surface area contributed by atoms with Gasteiger partial charge < -0.3 is 15.2 Å². The molecule has 0 fully saturated rings. The Morgan fingerprint density at radius 1 is 1.21 bits per heavy atom. The summed E-state index contributed by atoms with van der Waals surface area (Å²) in [4.78, 5) is 50.5. The zero-order chi connectivity index (χ0) is 28.3. The molecule has 0 aliphatic heterocycles. The lowest BCUT2D eigenvalue weighted by Crippen LogP contribution is -2.38. The molecule has 0 saturated heterocycles. The van der Waals surface area contributed by atoms with E-state index in [9.17, 15) is 42.8 Å². The Kier molecular flexibility index (Phi) is 11.8. The van der Waals surface area contributed by atoms with Crippen molar-refractivity contribution < 1.29 is 42.3 Å². The first-order valence-electron chi connectivity index (χ1n) is 11.1. The summed E-state index contributed by atoms with van der Waals surface area (Å²) in [6, 6.07) is 8.10. The van der Waals surface area contributed by atoms with Crippen LogP contribution in [0.15, 0.2) is 47.6 Å². The predicted octanol–water partition coefficient (Wildman–Crippen LogP) is 4.11. The number of alkyl halides is 3. The Balaban J connectivity index is 1.78. The second kappa shape index (κ2) is 14.6. The van der Waals surface area contributed by atoms with Crippen molar-refractivity contribution in [3.8, 4) is 5.75 Å². The van der Waals surface area contributed by atoms with E-state index in [2.05, 4.69) is 10.3 Å². The highest BCUT2D eigenvalue weighted by Gasteiger charge is 2.43. The second-order valence-corrected chi connectivity index (χ2v) is 10.4. The van der Waals surface area contributed by atoms with Gasteiger partial charge in [0.15, 0.2) is 5.03 Å². The summed E-state index contributed by atoms with van der Waals surface area (Å²) >= 11 is 0. The molecule has 0 saturated carbocycles. The molecular formula is C23H24F3N3O7S2. The van der Waals surface area contributed by atoms with Gasteiger partial charge in [-0.2, -0.15) is 13.2 Å². The number of nitrogens with zero attached hydrogens (tertiary/aromatic N) is 2. The van der Waals surface area contributed by atoms with Gasteiger partial charge in [0.1, 0.15) is 18.9 Å². The topological polar surface area (TPSA) is 149 Å². The average molecular weight is 576 g/mol. The number of halogens is 3. The van der Waals surface area contributed by atoms with Gasteiger partial charge in [-0.05, 0) is 47.4 Å². The number of carbonyl (C=O) groups excluding carboxylic acids is 3. The molecule has 2 aromatic rings. The molecule has 1 aromatic heterocycles. The van der Waals surface area contributed by atoms with E-state index in [1.165, 1.54) is 60.3 Å². The van der Waals surface area contributed by atoms with E-state index in [0.717, 1.165) is 10.8 Å². The third-order valence-electron chi connectivity index (χ3n) is 5.08. The number of carbonyl (C=O) groups is 3. The number of phenolic OH excluding ortho intramolecular Hbond substituents is 1. The van der Waals surface area contributed by atoms with Gasteiger partial charge in [-0.1, -0.05) is 29.9 Å². The largest absolute Gasteiger partial charge is 0.508 e. The van der Waals surface area contributed by atoms with Crippen LogP contribution in [-0.4, -0.2) is 57.8 Å². The summed E-state index contributed by atoms with van der Waals surface area (Å²) in [5.74, 6) is -5.83. The highest BCUT2D eigenvalue weighted by atomic mass is 33.1. The van der Waals surface area contributed by atoms with Crippen LogP contribution in [0.2, 0.25) is 0 Å². The SMILES string of the molecule is C[C@@H](C[C@H](Cc1ccc(O)cc1)C(=O)C(F)(F)F)C(=O)NCC(=O)OCCSSc1ncccc1[N+](=O)[O-]. The highest BCUT2D eigenvalue weighted by Crippen LogP contribution is 2.35. The highest BCUT2D eigenvalue weighted by molar-refractivity contribution is 8.76. The van der Waals surface area contributed by atoms with Crippen LogP contribution in [0, 0.1) is 22.0 Å². The number of hydrogen-bond donors (Lipinski definition) is 2. The molecule has 0 unspecified atom stereocenters. The number of Topliss-reactive ketones (excluding diaryl/α,β-unsaturated/α-hetero) is 1. The first kappa shape index (κ1) is 30.9. The summed E-state index contributed by atoms with van der Waals surface area (Å²) in [6.07, 6.45) is -4.36. The van der Waals surface area contributed by atoms with Gasteiger partial charge in [-0.3, -0.25) is 24.5 Å². The van der Waals surface area contributed by atoms with Crippen molar-refractivity contribution in [2.24, 2.45) is 11.8 Å². The van der Waals surface area contributed by atoms with Crippen LogP contribution >= 0.6 is 21.6 Å². The van der Waals surface area contributed by atoms with Crippen LogP contribution in [0.25, 0.3) is 0 Å². The first-order chi connectivity index (χ1) is 17.9. The number of phenols is 1. The molecule has 2 atom stereocenters. The number of rotatable bonds is 14. The lowest BCUT2D eigenvalue weighted by atomic mass is 9.86. The fourth-order valence-corrected chi connectivity index (χ4v) is 5.07. The van der Waals surface area contributed by atoms with Crippen molar-refractivity contribution in [1.29, 1.82) is 0 Å². The quantitative estimate of drug-likeness (QED) is 0.111. The van der Waals surface area contributed by atoms with Gasteiger partial charge in [0.05, 0.1) is 4.92 Å². The maximum atomic E-state index is 13.1.